The molecule has 0 radical (unpaired) electrons. The lowest BCUT2D eigenvalue weighted by atomic mass is 10.1. The van der Waals surface area contributed by atoms with Gasteiger partial charge < -0.3 is 15.8 Å². The molecule has 0 saturated carbocycles. The predicted octanol–water partition coefficient (Wildman–Crippen LogP) is 1.16. The van der Waals surface area contributed by atoms with Crippen LogP contribution in [0.25, 0.3) is 0 Å². The highest BCUT2D eigenvalue weighted by atomic mass is 32.2. The zero-order valence-corrected chi connectivity index (χ0v) is 12.3. The average molecular weight is 284 g/mol. The third-order valence-electron chi connectivity index (χ3n) is 2.83. The molecule has 0 saturated heterocycles. The summed E-state index contributed by atoms with van der Waals surface area (Å²) >= 11 is 0. The van der Waals surface area contributed by atoms with Crippen molar-refractivity contribution in [2.45, 2.75) is 18.6 Å². The summed E-state index contributed by atoms with van der Waals surface area (Å²) in [5.74, 6) is 0.341. The molecule has 3 N–H and O–H groups in total. The zero-order chi connectivity index (χ0) is 14.4. The van der Waals surface area contributed by atoms with Crippen molar-refractivity contribution in [3.05, 3.63) is 23.8 Å². The van der Waals surface area contributed by atoms with Gasteiger partial charge in [0.25, 0.3) is 5.91 Å². The minimum absolute atomic E-state index is 0.0654. The molecule has 1 amide bonds. The Bertz CT molecular complexity index is 477. The first-order chi connectivity index (χ1) is 8.93. The molecule has 1 rings (SSSR count). The van der Waals surface area contributed by atoms with Crippen LogP contribution < -0.4 is 15.8 Å². The molecule has 0 aromatic heterocycles. The Hall–Kier alpha value is -1.56. The molecule has 5 nitrogen and oxygen atoms in total. The number of carbonyl (C=O) groups is 1. The number of anilines is 1. The number of rotatable bonds is 6. The van der Waals surface area contributed by atoms with Gasteiger partial charge in [-0.05, 0) is 18.6 Å². The number of ether oxygens (including phenoxy) is 1. The van der Waals surface area contributed by atoms with E-state index in [0.717, 1.165) is 0 Å². The largest absolute Gasteiger partial charge is 0.497 e. The fourth-order valence-electron chi connectivity index (χ4n) is 1.53. The number of methoxy groups -OCH3 is 1. The normalized spacial score (nSPS) is 13.6. The molecule has 1 aromatic carbocycles. The third-order valence-corrected chi connectivity index (χ3v) is 4.20. The summed E-state index contributed by atoms with van der Waals surface area (Å²) in [4.78, 5) is 11.9. The van der Waals surface area contributed by atoms with Crippen molar-refractivity contribution in [1.82, 2.24) is 5.32 Å². The van der Waals surface area contributed by atoms with Gasteiger partial charge in [0, 0.05) is 46.2 Å². The standard InChI is InChI=1S/C13H20N2O3S/c1-9(19(3)17)4-5-15-13(16)10-6-11(14)8-12(7-10)18-2/h6-9H,4-5,14H2,1-3H3,(H,15,16). The van der Waals surface area contributed by atoms with E-state index in [2.05, 4.69) is 5.32 Å². The molecular weight excluding hydrogens is 264 g/mol. The summed E-state index contributed by atoms with van der Waals surface area (Å²) in [6.45, 7) is 2.38. The van der Waals surface area contributed by atoms with E-state index in [1.54, 1.807) is 24.5 Å². The SMILES string of the molecule is COc1cc(N)cc(C(=O)NCCC(C)S(C)=O)c1. The minimum Gasteiger partial charge on any atom is -0.497 e. The summed E-state index contributed by atoms with van der Waals surface area (Å²) in [5.41, 5.74) is 6.63. The number of nitrogens with one attached hydrogen (secondary N) is 1. The average Bonchev–Trinajstić information content (AvgIpc) is 2.37. The minimum atomic E-state index is -0.870. The zero-order valence-electron chi connectivity index (χ0n) is 11.4. The Morgan fingerprint density at radius 1 is 1.47 bits per heavy atom. The summed E-state index contributed by atoms with van der Waals surface area (Å²) in [6.07, 6.45) is 2.34. The number of hydrogen-bond acceptors (Lipinski definition) is 4. The van der Waals surface area contributed by atoms with Gasteiger partial charge in [-0.15, -0.1) is 0 Å². The molecule has 106 valence electrons. The van der Waals surface area contributed by atoms with Crippen LogP contribution in [-0.4, -0.2) is 35.3 Å². The topological polar surface area (TPSA) is 81.4 Å². The highest BCUT2D eigenvalue weighted by molar-refractivity contribution is 7.84. The molecule has 0 bridgehead atoms. The fourth-order valence-corrected chi connectivity index (χ4v) is 1.98. The number of hydrogen-bond donors (Lipinski definition) is 2. The van der Waals surface area contributed by atoms with Crippen LogP contribution in [0.4, 0.5) is 5.69 Å². The van der Waals surface area contributed by atoms with E-state index in [1.807, 2.05) is 6.92 Å². The maximum absolute atomic E-state index is 11.9. The molecule has 0 aliphatic carbocycles. The molecule has 0 spiro atoms. The van der Waals surface area contributed by atoms with E-state index in [9.17, 15) is 9.00 Å². The van der Waals surface area contributed by atoms with Crippen LogP contribution >= 0.6 is 0 Å². The Balaban J connectivity index is 2.58. The Kier molecular flexibility index (Phi) is 5.82. The van der Waals surface area contributed by atoms with Gasteiger partial charge in [0.15, 0.2) is 0 Å². The van der Waals surface area contributed by atoms with Gasteiger partial charge >= 0.3 is 0 Å². The Morgan fingerprint density at radius 3 is 2.74 bits per heavy atom. The highest BCUT2D eigenvalue weighted by Crippen LogP contribution is 2.18. The van der Waals surface area contributed by atoms with Gasteiger partial charge in [-0.1, -0.05) is 6.92 Å². The van der Waals surface area contributed by atoms with Crippen LogP contribution in [0.3, 0.4) is 0 Å². The lowest BCUT2D eigenvalue weighted by Gasteiger charge is -2.10. The predicted molar refractivity (Wildman–Crippen MR) is 77.9 cm³/mol. The van der Waals surface area contributed by atoms with Gasteiger partial charge in [-0.25, -0.2) is 0 Å². The van der Waals surface area contributed by atoms with Crippen LogP contribution in [0, 0.1) is 0 Å². The second kappa shape index (κ2) is 7.13. The molecule has 2 atom stereocenters. The van der Waals surface area contributed by atoms with E-state index in [1.165, 1.54) is 7.11 Å². The molecule has 0 aliphatic rings. The molecule has 19 heavy (non-hydrogen) atoms. The van der Waals surface area contributed by atoms with Crippen molar-refractivity contribution in [3.63, 3.8) is 0 Å². The van der Waals surface area contributed by atoms with Gasteiger partial charge in [0.2, 0.25) is 0 Å². The van der Waals surface area contributed by atoms with Crippen molar-refractivity contribution >= 4 is 22.4 Å². The van der Waals surface area contributed by atoms with E-state index >= 15 is 0 Å². The lowest BCUT2D eigenvalue weighted by Crippen LogP contribution is -2.27. The molecule has 6 heteroatoms. The molecule has 2 unspecified atom stereocenters. The van der Waals surface area contributed by atoms with Gasteiger partial charge in [0.1, 0.15) is 5.75 Å². The van der Waals surface area contributed by atoms with E-state index in [4.69, 9.17) is 10.5 Å². The van der Waals surface area contributed by atoms with Crippen molar-refractivity contribution in [2.24, 2.45) is 0 Å². The summed E-state index contributed by atoms with van der Waals surface area (Å²) in [5, 5.41) is 2.84. The highest BCUT2D eigenvalue weighted by Gasteiger charge is 2.10. The van der Waals surface area contributed by atoms with Crippen molar-refractivity contribution < 1.29 is 13.7 Å². The fraction of sp³-hybridized carbons (Fsp3) is 0.462. The van der Waals surface area contributed by atoms with E-state index < -0.39 is 10.8 Å². The van der Waals surface area contributed by atoms with Crippen molar-refractivity contribution in [1.29, 1.82) is 0 Å². The number of carbonyl (C=O) groups excluding carboxylic acids is 1. The van der Waals surface area contributed by atoms with Crippen LogP contribution in [0.15, 0.2) is 18.2 Å². The quantitative estimate of drug-likeness (QED) is 0.768. The maximum Gasteiger partial charge on any atom is 0.251 e. The number of nitrogens with two attached hydrogens (primary N) is 1. The first-order valence-corrected chi connectivity index (χ1v) is 7.61. The summed E-state index contributed by atoms with van der Waals surface area (Å²) < 4.78 is 16.2. The first-order valence-electron chi connectivity index (χ1n) is 5.99. The van der Waals surface area contributed by atoms with Crippen LogP contribution in [0.2, 0.25) is 0 Å². The van der Waals surface area contributed by atoms with Crippen LogP contribution in [-0.2, 0) is 10.8 Å². The first kappa shape index (κ1) is 15.5. The number of nitrogen functional groups attached to an aromatic ring is 1. The van der Waals surface area contributed by atoms with Crippen LogP contribution in [0.5, 0.6) is 5.75 Å². The second-order valence-corrected chi connectivity index (χ2v) is 6.15. The second-order valence-electron chi connectivity index (χ2n) is 4.35. The molecule has 0 aliphatic heterocycles. The number of amides is 1. The van der Waals surface area contributed by atoms with E-state index in [-0.39, 0.29) is 11.2 Å². The molecule has 0 fully saturated rings. The van der Waals surface area contributed by atoms with Crippen molar-refractivity contribution in [2.75, 3.05) is 25.6 Å². The van der Waals surface area contributed by atoms with E-state index in [0.29, 0.717) is 30.0 Å². The third kappa shape index (κ3) is 4.90. The molecule has 1 aromatic rings. The Labute approximate surface area is 116 Å². The summed E-state index contributed by atoms with van der Waals surface area (Å²) in [6, 6.07) is 4.88. The van der Waals surface area contributed by atoms with Crippen molar-refractivity contribution in [3.8, 4) is 5.75 Å². The smallest absolute Gasteiger partial charge is 0.251 e. The maximum atomic E-state index is 11.9. The van der Waals surface area contributed by atoms with Crippen LogP contribution in [0.1, 0.15) is 23.7 Å². The number of benzene rings is 1. The molecular formula is C13H20N2O3S. The lowest BCUT2D eigenvalue weighted by molar-refractivity contribution is 0.0953. The summed E-state index contributed by atoms with van der Waals surface area (Å²) in [7, 11) is 0.653. The van der Waals surface area contributed by atoms with Gasteiger partial charge in [-0.3, -0.25) is 9.00 Å². The van der Waals surface area contributed by atoms with Gasteiger partial charge in [-0.2, -0.15) is 0 Å². The molecule has 0 heterocycles. The Morgan fingerprint density at radius 2 is 2.16 bits per heavy atom. The van der Waals surface area contributed by atoms with Gasteiger partial charge in [0.05, 0.1) is 7.11 Å². The monoisotopic (exact) mass is 284 g/mol.